The molecule has 0 heterocycles. The van der Waals surface area contributed by atoms with Crippen LogP contribution in [0.1, 0.15) is 113 Å². The van der Waals surface area contributed by atoms with E-state index in [0.717, 1.165) is 6.42 Å². The average Bonchev–Trinajstić information content (AvgIpc) is 2.73. The number of allylic oxidation sites excluding steroid dienone is 2. The molecule has 32 heavy (non-hydrogen) atoms. The van der Waals surface area contributed by atoms with Crippen LogP contribution in [-0.2, 0) is 0 Å². The fourth-order valence-corrected chi connectivity index (χ4v) is 10.6. The van der Waals surface area contributed by atoms with E-state index in [9.17, 15) is 10.2 Å². The monoisotopic (exact) mass is 442 g/mol. The Bertz CT molecular complexity index is 814. The summed E-state index contributed by atoms with van der Waals surface area (Å²) in [5.41, 5.74) is 3.26. The molecule has 0 saturated heterocycles. The first-order valence-electron chi connectivity index (χ1n) is 13.8. The zero-order valence-corrected chi connectivity index (χ0v) is 22.1. The van der Waals surface area contributed by atoms with E-state index < -0.39 is 0 Å². The van der Waals surface area contributed by atoms with Crippen LogP contribution in [0.5, 0.6) is 0 Å². The van der Waals surface area contributed by atoms with Crippen LogP contribution >= 0.6 is 0 Å². The Hall–Kier alpha value is -0.340. The van der Waals surface area contributed by atoms with Gasteiger partial charge in [-0.15, -0.1) is 0 Å². The van der Waals surface area contributed by atoms with E-state index in [2.05, 4.69) is 54.5 Å². The van der Waals surface area contributed by atoms with Gasteiger partial charge >= 0.3 is 0 Å². The minimum absolute atomic E-state index is 0.0245. The van der Waals surface area contributed by atoms with Gasteiger partial charge < -0.3 is 10.2 Å². The predicted octanol–water partition coefficient (Wildman–Crippen LogP) is 7.14. The minimum atomic E-state index is -0.149. The molecule has 2 nitrogen and oxygen atoms in total. The van der Waals surface area contributed by atoms with Crippen molar-refractivity contribution in [1.82, 2.24) is 0 Å². The molecule has 0 aromatic heterocycles. The number of hydrogen-bond acceptors (Lipinski definition) is 2. The molecule has 2 heteroatoms. The fourth-order valence-electron chi connectivity index (χ4n) is 10.6. The van der Waals surface area contributed by atoms with Crippen molar-refractivity contribution in [3.05, 3.63) is 11.6 Å². The van der Waals surface area contributed by atoms with Crippen molar-refractivity contribution in [2.45, 2.75) is 119 Å². The Balaban J connectivity index is 1.56. The Morgan fingerprint density at radius 2 is 1.53 bits per heavy atom. The molecule has 0 spiro atoms. The summed E-state index contributed by atoms with van der Waals surface area (Å²) >= 11 is 0. The first-order chi connectivity index (χ1) is 14.8. The van der Waals surface area contributed by atoms with E-state index >= 15 is 0 Å². The molecule has 0 aromatic rings. The summed E-state index contributed by atoms with van der Waals surface area (Å²) < 4.78 is 0. The molecule has 4 saturated carbocycles. The van der Waals surface area contributed by atoms with Crippen molar-refractivity contribution in [3.63, 3.8) is 0 Å². The van der Waals surface area contributed by atoms with Gasteiger partial charge in [0, 0.05) is 6.61 Å². The normalized spacial score (nSPS) is 56.8. The molecule has 182 valence electrons. The van der Waals surface area contributed by atoms with Gasteiger partial charge in [-0.2, -0.15) is 0 Å². The number of rotatable bonds is 1. The summed E-state index contributed by atoms with van der Waals surface area (Å²) in [7, 11) is 0. The summed E-state index contributed by atoms with van der Waals surface area (Å²) in [5.74, 6) is 1.98. The van der Waals surface area contributed by atoms with Gasteiger partial charge in [-0.25, -0.2) is 0 Å². The molecule has 0 unspecified atom stereocenters. The zero-order valence-electron chi connectivity index (χ0n) is 22.1. The lowest BCUT2D eigenvalue weighted by atomic mass is 9.33. The van der Waals surface area contributed by atoms with Gasteiger partial charge in [0.25, 0.3) is 0 Å². The van der Waals surface area contributed by atoms with E-state index in [-0.39, 0.29) is 22.3 Å². The third kappa shape index (κ3) is 2.78. The lowest BCUT2D eigenvalue weighted by molar-refractivity contribution is -0.203. The van der Waals surface area contributed by atoms with Crippen LogP contribution < -0.4 is 0 Å². The van der Waals surface area contributed by atoms with E-state index in [1.807, 2.05) is 0 Å². The molecule has 4 fully saturated rings. The SMILES string of the molecule is CC1(C)[C@H](O)CC[C@]2(C)[C@H]3CC=C4[C@@H]5C[C@@](C)(CO)CC[C@]5(C)CC[C@@]4(C)[C@]3(C)CC[C@@H]12. The molecule has 5 rings (SSSR count). The lowest BCUT2D eigenvalue weighted by Gasteiger charge is -2.71. The van der Waals surface area contributed by atoms with Crippen molar-refractivity contribution in [2.75, 3.05) is 6.61 Å². The second-order valence-electron chi connectivity index (χ2n) is 15.0. The Morgan fingerprint density at radius 3 is 2.22 bits per heavy atom. The Kier molecular flexibility index (Phi) is 5.02. The molecule has 0 bridgehead atoms. The molecular formula is C30H50O2. The molecular weight excluding hydrogens is 392 g/mol. The minimum Gasteiger partial charge on any atom is -0.396 e. The highest BCUT2D eigenvalue weighted by Gasteiger charge is 2.67. The Labute approximate surface area is 197 Å². The first kappa shape index (κ1) is 23.4. The van der Waals surface area contributed by atoms with Crippen LogP contribution in [0.25, 0.3) is 0 Å². The van der Waals surface area contributed by atoms with Gasteiger partial charge in [-0.3, -0.25) is 0 Å². The highest BCUT2D eigenvalue weighted by atomic mass is 16.3. The standard InChI is InChI=1S/C30H50O2/c1-25(2)22-10-13-30(7)23(28(22,5)12-11-24(25)32)9-8-20-21-18-26(3,19-31)14-15-27(21,4)16-17-29(20,30)6/h8,21-24,31-32H,9-19H2,1-7H3/t21-,22-,23+,24+,26-,27+,28-,29+,30+/m0/s1. The van der Waals surface area contributed by atoms with Gasteiger partial charge in [0.2, 0.25) is 0 Å². The summed E-state index contributed by atoms with van der Waals surface area (Å²) in [6.07, 6.45) is 14.8. The van der Waals surface area contributed by atoms with Gasteiger partial charge in [0.1, 0.15) is 0 Å². The lowest BCUT2D eigenvalue weighted by Crippen LogP contribution is -2.64. The summed E-state index contributed by atoms with van der Waals surface area (Å²) in [6.45, 7) is 17.8. The van der Waals surface area contributed by atoms with E-state index in [1.165, 1.54) is 57.8 Å². The van der Waals surface area contributed by atoms with Crippen LogP contribution in [0, 0.1) is 50.2 Å². The number of aliphatic hydroxyl groups is 2. The van der Waals surface area contributed by atoms with Crippen LogP contribution in [0.15, 0.2) is 11.6 Å². The maximum absolute atomic E-state index is 10.9. The third-order valence-electron chi connectivity index (χ3n) is 13.3. The molecule has 2 N–H and O–H groups in total. The quantitative estimate of drug-likeness (QED) is 0.424. The van der Waals surface area contributed by atoms with Crippen LogP contribution in [0.4, 0.5) is 0 Å². The van der Waals surface area contributed by atoms with Crippen LogP contribution in [0.3, 0.4) is 0 Å². The highest BCUT2D eigenvalue weighted by Crippen LogP contribution is 2.75. The molecule has 5 aliphatic rings. The van der Waals surface area contributed by atoms with Crippen molar-refractivity contribution in [1.29, 1.82) is 0 Å². The topological polar surface area (TPSA) is 40.5 Å². The molecule has 5 aliphatic carbocycles. The van der Waals surface area contributed by atoms with Crippen molar-refractivity contribution in [2.24, 2.45) is 50.2 Å². The maximum Gasteiger partial charge on any atom is 0.0594 e. The smallest absolute Gasteiger partial charge is 0.0594 e. The maximum atomic E-state index is 10.9. The first-order valence-corrected chi connectivity index (χ1v) is 13.8. The Morgan fingerprint density at radius 1 is 0.844 bits per heavy atom. The number of fused-ring (bicyclic) bond motifs is 7. The molecule has 0 aliphatic heterocycles. The van der Waals surface area contributed by atoms with Gasteiger partial charge in [-0.05, 0) is 114 Å². The van der Waals surface area contributed by atoms with Gasteiger partial charge in [-0.1, -0.05) is 60.1 Å². The number of hydrogen-bond donors (Lipinski definition) is 2. The molecule has 0 aromatic carbocycles. The zero-order chi connectivity index (χ0) is 23.4. The second-order valence-corrected chi connectivity index (χ2v) is 15.0. The highest BCUT2D eigenvalue weighted by molar-refractivity contribution is 5.33. The second kappa shape index (κ2) is 6.87. The summed E-state index contributed by atoms with van der Waals surface area (Å²) in [4.78, 5) is 0. The fraction of sp³-hybridized carbons (Fsp3) is 0.933. The molecule has 0 radical (unpaired) electrons. The van der Waals surface area contributed by atoms with Crippen LogP contribution in [0.2, 0.25) is 0 Å². The summed E-state index contributed by atoms with van der Waals surface area (Å²) in [5, 5.41) is 21.1. The van der Waals surface area contributed by atoms with E-state index in [0.29, 0.717) is 40.6 Å². The third-order valence-corrected chi connectivity index (χ3v) is 13.3. The average molecular weight is 443 g/mol. The van der Waals surface area contributed by atoms with Crippen molar-refractivity contribution >= 4 is 0 Å². The van der Waals surface area contributed by atoms with Crippen molar-refractivity contribution < 1.29 is 10.2 Å². The summed E-state index contributed by atoms with van der Waals surface area (Å²) in [6, 6.07) is 0. The van der Waals surface area contributed by atoms with Crippen molar-refractivity contribution in [3.8, 4) is 0 Å². The molecule has 9 atom stereocenters. The van der Waals surface area contributed by atoms with E-state index in [4.69, 9.17) is 0 Å². The van der Waals surface area contributed by atoms with Gasteiger partial charge in [0.15, 0.2) is 0 Å². The number of aliphatic hydroxyl groups excluding tert-OH is 2. The van der Waals surface area contributed by atoms with Crippen LogP contribution in [-0.4, -0.2) is 22.9 Å². The molecule has 0 amide bonds. The van der Waals surface area contributed by atoms with Gasteiger partial charge in [0.05, 0.1) is 6.10 Å². The predicted molar refractivity (Wildman–Crippen MR) is 132 cm³/mol. The van der Waals surface area contributed by atoms with E-state index in [1.54, 1.807) is 5.57 Å². The largest absolute Gasteiger partial charge is 0.396 e.